The molecule has 7 nitrogen and oxygen atoms in total. The number of hydrogen-bond donors (Lipinski definition) is 1. The SMILES string of the molecule is O=Nc1ccc(O)c(N=O)c1N=O. The van der Waals surface area contributed by atoms with Gasteiger partial charge in [-0.1, -0.05) is 0 Å². The van der Waals surface area contributed by atoms with E-state index in [1.807, 2.05) is 0 Å². The summed E-state index contributed by atoms with van der Waals surface area (Å²) in [5, 5.41) is 16.2. The van der Waals surface area contributed by atoms with Gasteiger partial charge in [-0.2, -0.15) is 0 Å². The van der Waals surface area contributed by atoms with Crippen LogP contribution in [0.15, 0.2) is 27.7 Å². The van der Waals surface area contributed by atoms with Gasteiger partial charge in [0, 0.05) is 0 Å². The minimum absolute atomic E-state index is 0.331. The molecule has 1 rings (SSSR count). The molecule has 0 amide bonds. The first-order valence-electron chi connectivity index (χ1n) is 3.10. The van der Waals surface area contributed by atoms with Crippen molar-refractivity contribution in [1.29, 1.82) is 0 Å². The smallest absolute Gasteiger partial charge is 0.181 e. The molecule has 0 saturated carbocycles. The quantitative estimate of drug-likeness (QED) is 0.722. The topological polar surface area (TPSA) is 109 Å². The van der Waals surface area contributed by atoms with Gasteiger partial charge < -0.3 is 5.11 Å². The fourth-order valence-electron chi connectivity index (χ4n) is 0.812. The van der Waals surface area contributed by atoms with E-state index in [9.17, 15) is 14.7 Å². The second-order valence-electron chi connectivity index (χ2n) is 2.07. The maximum Gasteiger partial charge on any atom is 0.181 e. The van der Waals surface area contributed by atoms with Crippen LogP contribution in [0.4, 0.5) is 17.1 Å². The second-order valence-corrected chi connectivity index (χ2v) is 2.07. The van der Waals surface area contributed by atoms with Gasteiger partial charge in [0.2, 0.25) is 0 Å². The summed E-state index contributed by atoms with van der Waals surface area (Å²) < 4.78 is 0. The molecule has 1 aromatic rings. The number of aromatic hydroxyl groups is 1. The fraction of sp³-hybridized carbons (Fsp3) is 0. The number of nitrogens with zero attached hydrogens (tertiary/aromatic N) is 3. The monoisotopic (exact) mass is 181 g/mol. The lowest BCUT2D eigenvalue weighted by atomic mass is 10.2. The molecule has 0 unspecified atom stereocenters. The maximum absolute atomic E-state index is 10.2. The molecule has 0 radical (unpaired) electrons. The average Bonchev–Trinajstić information content (AvgIpc) is 2.17. The van der Waals surface area contributed by atoms with E-state index in [0.29, 0.717) is 0 Å². The van der Waals surface area contributed by atoms with E-state index in [1.54, 1.807) is 0 Å². The molecule has 0 saturated heterocycles. The summed E-state index contributed by atoms with van der Waals surface area (Å²) in [4.78, 5) is 30.4. The first-order chi connectivity index (χ1) is 6.24. The van der Waals surface area contributed by atoms with Crippen LogP contribution >= 0.6 is 0 Å². The van der Waals surface area contributed by atoms with Crippen LogP contribution in [0.3, 0.4) is 0 Å². The number of rotatable bonds is 3. The van der Waals surface area contributed by atoms with Crippen molar-refractivity contribution >= 4 is 17.1 Å². The fourth-order valence-corrected chi connectivity index (χ4v) is 0.812. The molecule has 0 heterocycles. The molecule has 0 aliphatic carbocycles. The van der Waals surface area contributed by atoms with Crippen molar-refractivity contribution in [1.82, 2.24) is 0 Å². The van der Waals surface area contributed by atoms with Crippen molar-refractivity contribution in [2.24, 2.45) is 15.5 Å². The number of phenolic OH excluding ortho intramolecular Hbond substituents is 1. The molecule has 0 fully saturated rings. The molecule has 0 aliphatic heterocycles. The highest BCUT2D eigenvalue weighted by Crippen LogP contribution is 2.43. The van der Waals surface area contributed by atoms with Crippen LogP contribution in [0.2, 0.25) is 0 Å². The molecule has 1 aromatic carbocycles. The zero-order valence-corrected chi connectivity index (χ0v) is 6.17. The minimum Gasteiger partial charge on any atom is -0.505 e. The number of hydrogen-bond acceptors (Lipinski definition) is 7. The molecular formula is C6H3N3O4. The Hall–Kier alpha value is -2.18. The van der Waals surface area contributed by atoms with E-state index in [1.165, 1.54) is 0 Å². The Balaban J connectivity index is 3.53. The van der Waals surface area contributed by atoms with Crippen LogP contribution in [-0.4, -0.2) is 5.11 Å². The van der Waals surface area contributed by atoms with Gasteiger partial charge in [0.1, 0.15) is 11.4 Å². The average molecular weight is 181 g/mol. The van der Waals surface area contributed by atoms with Gasteiger partial charge in [-0.05, 0) is 27.7 Å². The molecular weight excluding hydrogens is 178 g/mol. The first kappa shape index (κ1) is 8.91. The highest BCUT2D eigenvalue weighted by molar-refractivity contribution is 5.79. The number of phenols is 1. The van der Waals surface area contributed by atoms with Crippen molar-refractivity contribution in [3.63, 3.8) is 0 Å². The van der Waals surface area contributed by atoms with Crippen molar-refractivity contribution in [3.05, 3.63) is 26.9 Å². The number of nitroso groups, excluding NO2 is 3. The summed E-state index contributed by atoms with van der Waals surface area (Å²) in [6, 6.07) is 2.09. The first-order valence-corrected chi connectivity index (χ1v) is 3.10. The Morgan fingerprint density at radius 3 is 2.00 bits per heavy atom. The van der Waals surface area contributed by atoms with Gasteiger partial charge in [0.05, 0.1) is 0 Å². The van der Waals surface area contributed by atoms with Gasteiger partial charge in [0.15, 0.2) is 11.4 Å². The van der Waals surface area contributed by atoms with E-state index < -0.39 is 17.1 Å². The Morgan fingerprint density at radius 1 is 0.923 bits per heavy atom. The zero-order chi connectivity index (χ0) is 9.84. The summed E-state index contributed by atoms with van der Waals surface area (Å²) in [7, 11) is 0. The van der Waals surface area contributed by atoms with Crippen LogP contribution in [0.25, 0.3) is 0 Å². The molecule has 0 bridgehead atoms. The lowest BCUT2D eigenvalue weighted by Gasteiger charge is -1.98. The van der Waals surface area contributed by atoms with Crippen molar-refractivity contribution in [2.75, 3.05) is 0 Å². The normalized spacial score (nSPS) is 9.23. The van der Waals surface area contributed by atoms with Crippen molar-refractivity contribution in [3.8, 4) is 5.75 Å². The van der Waals surface area contributed by atoms with Gasteiger partial charge in [-0.25, -0.2) is 0 Å². The predicted molar refractivity (Wildman–Crippen MR) is 44.5 cm³/mol. The summed E-state index contributed by atoms with van der Waals surface area (Å²) in [6.45, 7) is 0. The van der Waals surface area contributed by atoms with Crippen LogP contribution in [-0.2, 0) is 0 Å². The molecule has 7 heteroatoms. The van der Waals surface area contributed by atoms with Gasteiger partial charge in [-0.15, -0.1) is 14.7 Å². The largest absolute Gasteiger partial charge is 0.505 e. The van der Waals surface area contributed by atoms with E-state index in [0.717, 1.165) is 12.1 Å². The Kier molecular flexibility index (Phi) is 2.38. The highest BCUT2D eigenvalue weighted by atomic mass is 16.3. The van der Waals surface area contributed by atoms with Crippen LogP contribution in [0.1, 0.15) is 0 Å². The van der Waals surface area contributed by atoms with Crippen LogP contribution in [0, 0.1) is 14.7 Å². The summed E-state index contributed by atoms with van der Waals surface area (Å²) in [5.41, 5.74) is -1.46. The van der Waals surface area contributed by atoms with Crippen molar-refractivity contribution < 1.29 is 5.11 Å². The van der Waals surface area contributed by atoms with E-state index in [-0.39, 0.29) is 5.69 Å². The van der Waals surface area contributed by atoms with Crippen molar-refractivity contribution in [2.45, 2.75) is 0 Å². The summed E-state index contributed by atoms with van der Waals surface area (Å²) in [6.07, 6.45) is 0. The Labute approximate surface area is 71.3 Å². The van der Waals surface area contributed by atoms with Gasteiger partial charge in [0.25, 0.3) is 0 Å². The third-order valence-electron chi connectivity index (χ3n) is 1.39. The Bertz CT molecular complexity index is 376. The molecule has 0 atom stereocenters. The minimum atomic E-state index is -0.577. The van der Waals surface area contributed by atoms with Crippen LogP contribution in [0.5, 0.6) is 5.75 Å². The molecule has 13 heavy (non-hydrogen) atoms. The zero-order valence-electron chi connectivity index (χ0n) is 6.17. The highest BCUT2D eigenvalue weighted by Gasteiger charge is 2.15. The second kappa shape index (κ2) is 3.48. The molecule has 66 valence electrons. The standard InChI is InChI=1S/C6H3N3O4/c10-4-2-1-3(7-11)5(8-12)6(4)9-13/h1-2,10H. The molecule has 0 aromatic heterocycles. The molecule has 0 aliphatic rings. The lowest BCUT2D eigenvalue weighted by molar-refractivity contribution is 0.477. The summed E-state index contributed by atoms with van der Waals surface area (Å²) >= 11 is 0. The van der Waals surface area contributed by atoms with E-state index in [4.69, 9.17) is 5.11 Å². The van der Waals surface area contributed by atoms with E-state index in [2.05, 4.69) is 15.5 Å². The Morgan fingerprint density at radius 2 is 1.54 bits per heavy atom. The number of benzene rings is 1. The lowest BCUT2D eigenvalue weighted by Crippen LogP contribution is -1.71. The molecule has 1 N–H and O–H groups in total. The maximum atomic E-state index is 10.2. The molecule has 0 spiro atoms. The van der Waals surface area contributed by atoms with Gasteiger partial charge >= 0.3 is 0 Å². The third-order valence-corrected chi connectivity index (χ3v) is 1.39. The van der Waals surface area contributed by atoms with Crippen LogP contribution < -0.4 is 0 Å². The van der Waals surface area contributed by atoms with Gasteiger partial charge in [-0.3, -0.25) is 0 Å². The summed E-state index contributed by atoms with van der Waals surface area (Å²) in [5.74, 6) is -0.517. The predicted octanol–water partition coefficient (Wildman–Crippen LogP) is 2.59. The van der Waals surface area contributed by atoms with E-state index >= 15 is 0 Å². The third kappa shape index (κ3) is 1.39.